The Hall–Kier alpha value is -1.41. The number of carbonyl (C=O) groups is 1. The fourth-order valence-electron chi connectivity index (χ4n) is 1.82. The highest BCUT2D eigenvalue weighted by atomic mass is 32.2. The summed E-state index contributed by atoms with van der Waals surface area (Å²) in [7, 11) is -3.38. The Bertz CT molecular complexity index is 528. The highest BCUT2D eigenvalue weighted by molar-refractivity contribution is 7.90. The number of nitrogens with zero attached hydrogens (tertiary/aromatic N) is 1. The van der Waals surface area contributed by atoms with Crippen molar-refractivity contribution in [3.05, 3.63) is 17.5 Å². The fourth-order valence-corrected chi connectivity index (χ4v) is 3.33. The normalized spacial score (nSPS) is 20.1. The van der Waals surface area contributed by atoms with Gasteiger partial charge < -0.3 is 14.4 Å². The molecule has 1 fully saturated rings. The molecule has 0 radical (unpaired) electrons. The van der Waals surface area contributed by atoms with Crippen molar-refractivity contribution in [1.29, 1.82) is 0 Å². The zero-order valence-electron chi connectivity index (χ0n) is 9.53. The second-order valence-corrected chi connectivity index (χ2v) is 6.28. The molecule has 100 valence electrons. The maximum Gasteiger partial charge on any atom is 0.358 e. The van der Waals surface area contributed by atoms with E-state index >= 15 is 0 Å². The first-order chi connectivity index (χ1) is 8.46. The molecule has 1 atom stereocenters. The summed E-state index contributed by atoms with van der Waals surface area (Å²) in [5.74, 6) is -1.64. The summed E-state index contributed by atoms with van der Waals surface area (Å²) in [4.78, 5) is 10.6. The predicted octanol–water partition coefficient (Wildman–Crippen LogP) is 0.467. The lowest BCUT2D eigenvalue weighted by Crippen LogP contribution is -2.21. The molecule has 1 saturated heterocycles. The molecular weight excluding hydrogens is 262 g/mol. The van der Waals surface area contributed by atoms with Gasteiger partial charge in [0.1, 0.15) is 5.75 Å². The van der Waals surface area contributed by atoms with Gasteiger partial charge in [0.15, 0.2) is 21.3 Å². The summed E-state index contributed by atoms with van der Waals surface area (Å²) >= 11 is 0. The molecule has 2 heterocycles. The number of carboxylic acids is 1. The van der Waals surface area contributed by atoms with Crippen LogP contribution in [0.15, 0.2) is 10.6 Å². The van der Waals surface area contributed by atoms with E-state index in [1.807, 2.05) is 0 Å². The largest absolute Gasteiger partial charge is 0.476 e. The van der Waals surface area contributed by atoms with Gasteiger partial charge >= 0.3 is 5.97 Å². The number of aromatic carboxylic acids is 1. The van der Waals surface area contributed by atoms with Gasteiger partial charge in [0.05, 0.1) is 11.9 Å². The second kappa shape index (κ2) is 5.07. The molecule has 1 aliphatic rings. The van der Waals surface area contributed by atoms with E-state index in [0.29, 0.717) is 6.61 Å². The number of aromatic nitrogens is 1. The van der Waals surface area contributed by atoms with E-state index in [0.717, 1.165) is 18.9 Å². The zero-order chi connectivity index (χ0) is 13.2. The van der Waals surface area contributed by atoms with Crippen LogP contribution in [-0.4, -0.2) is 43.1 Å². The third-order valence-electron chi connectivity index (χ3n) is 2.60. The minimum atomic E-state index is -3.38. The predicted molar refractivity (Wildman–Crippen MR) is 59.9 cm³/mol. The summed E-state index contributed by atoms with van der Waals surface area (Å²) in [6, 6.07) is 1.12. The number of rotatable bonds is 5. The summed E-state index contributed by atoms with van der Waals surface area (Å²) in [5, 5.41) is 11.9. The Labute approximate surface area is 104 Å². The number of hydrogen-bond acceptors (Lipinski definition) is 6. The zero-order valence-corrected chi connectivity index (χ0v) is 10.4. The van der Waals surface area contributed by atoms with Gasteiger partial charge in [-0.1, -0.05) is 5.16 Å². The Balaban J connectivity index is 2.00. The van der Waals surface area contributed by atoms with E-state index in [2.05, 4.69) is 9.68 Å². The van der Waals surface area contributed by atoms with E-state index in [4.69, 9.17) is 9.84 Å². The first-order valence-corrected chi connectivity index (χ1v) is 7.29. The van der Waals surface area contributed by atoms with Gasteiger partial charge in [0.25, 0.3) is 0 Å². The molecule has 0 bridgehead atoms. The quantitative estimate of drug-likeness (QED) is 0.832. The van der Waals surface area contributed by atoms with Crippen LogP contribution in [0.25, 0.3) is 0 Å². The Kier molecular flexibility index (Phi) is 3.67. The van der Waals surface area contributed by atoms with Crippen molar-refractivity contribution < 1.29 is 27.6 Å². The second-order valence-electron chi connectivity index (χ2n) is 4.17. The molecular formula is C10H13NO6S. The average Bonchev–Trinajstić information content (AvgIpc) is 2.87. The first-order valence-electron chi connectivity index (χ1n) is 5.47. The van der Waals surface area contributed by atoms with Crippen LogP contribution in [-0.2, 0) is 20.3 Å². The van der Waals surface area contributed by atoms with Crippen LogP contribution in [0.5, 0.6) is 0 Å². The van der Waals surface area contributed by atoms with Crippen LogP contribution in [0.4, 0.5) is 0 Å². The molecule has 0 aliphatic carbocycles. The number of ether oxygens (including phenoxy) is 1. The highest BCUT2D eigenvalue weighted by Gasteiger charge is 2.25. The molecule has 0 amide bonds. The van der Waals surface area contributed by atoms with E-state index in [-0.39, 0.29) is 29.1 Å². The van der Waals surface area contributed by atoms with E-state index in [1.54, 1.807) is 0 Å². The van der Waals surface area contributed by atoms with Gasteiger partial charge in [-0.15, -0.1) is 0 Å². The average molecular weight is 275 g/mol. The molecule has 1 aromatic rings. The topological polar surface area (TPSA) is 107 Å². The molecule has 1 aromatic heterocycles. The summed E-state index contributed by atoms with van der Waals surface area (Å²) in [6.07, 6.45) is 1.33. The van der Waals surface area contributed by atoms with Crippen molar-refractivity contribution in [2.45, 2.75) is 24.7 Å². The summed E-state index contributed by atoms with van der Waals surface area (Å²) in [6.45, 7) is 0.589. The number of hydrogen-bond donors (Lipinski definition) is 1. The van der Waals surface area contributed by atoms with Gasteiger partial charge in [-0.2, -0.15) is 0 Å². The van der Waals surface area contributed by atoms with Crippen LogP contribution in [0.1, 0.15) is 29.1 Å². The van der Waals surface area contributed by atoms with Crippen molar-refractivity contribution in [3.63, 3.8) is 0 Å². The van der Waals surface area contributed by atoms with Gasteiger partial charge in [-0.3, -0.25) is 0 Å². The molecule has 0 spiro atoms. The molecule has 1 unspecified atom stereocenters. The molecule has 18 heavy (non-hydrogen) atoms. The monoisotopic (exact) mass is 275 g/mol. The van der Waals surface area contributed by atoms with Gasteiger partial charge in [0.2, 0.25) is 0 Å². The van der Waals surface area contributed by atoms with Crippen molar-refractivity contribution in [3.8, 4) is 0 Å². The maximum absolute atomic E-state index is 11.8. The van der Waals surface area contributed by atoms with Crippen molar-refractivity contribution >= 4 is 15.8 Å². The van der Waals surface area contributed by atoms with E-state index < -0.39 is 15.8 Å². The molecule has 1 aliphatic heterocycles. The lowest BCUT2D eigenvalue weighted by Gasteiger charge is -2.08. The van der Waals surface area contributed by atoms with Gasteiger partial charge in [0, 0.05) is 12.7 Å². The van der Waals surface area contributed by atoms with Gasteiger partial charge in [-0.25, -0.2) is 13.2 Å². The minimum Gasteiger partial charge on any atom is -0.476 e. The van der Waals surface area contributed by atoms with Crippen molar-refractivity contribution in [2.75, 3.05) is 12.4 Å². The maximum atomic E-state index is 11.8. The van der Waals surface area contributed by atoms with Crippen molar-refractivity contribution in [1.82, 2.24) is 5.16 Å². The Morgan fingerprint density at radius 3 is 2.89 bits per heavy atom. The lowest BCUT2D eigenvalue weighted by molar-refractivity contribution is 0.0685. The summed E-state index contributed by atoms with van der Waals surface area (Å²) in [5.41, 5.74) is -0.294. The standard InChI is InChI=1S/C10H13NO6S/c12-10(13)9-4-8(17-11-9)6-18(14,15)5-7-2-1-3-16-7/h4,7H,1-3,5-6H2,(H,12,13). The first kappa shape index (κ1) is 13.0. The van der Waals surface area contributed by atoms with Crippen LogP contribution < -0.4 is 0 Å². The number of sulfone groups is 1. The SMILES string of the molecule is O=C(O)c1cc(CS(=O)(=O)CC2CCCO2)on1. The van der Waals surface area contributed by atoms with Gasteiger partial charge in [-0.05, 0) is 12.8 Å². The molecule has 0 aromatic carbocycles. The molecule has 8 heteroatoms. The van der Waals surface area contributed by atoms with E-state index in [1.165, 1.54) is 0 Å². The van der Waals surface area contributed by atoms with Crippen molar-refractivity contribution in [2.24, 2.45) is 0 Å². The third-order valence-corrected chi connectivity index (χ3v) is 4.21. The molecule has 0 saturated carbocycles. The Morgan fingerprint density at radius 1 is 1.56 bits per heavy atom. The molecule has 2 rings (SSSR count). The van der Waals surface area contributed by atoms with E-state index in [9.17, 15) is 13.2 Å². The number of carboxylic acid groups (broad SMARTS) is 1. The minimum absolute atomic E-state index is 0.0328. The van der Waals surface area contributed by atoms with Crippen LogP contribution in [0.2, 0.25) is 0 Å². The molecule has 1 N–H and O–H groups in total. The smallest absolute Gasteiger partial charge is 0.358 e. The van der Waals surface area contributed by atoms with Crippen LogP contribution in [0.3, 0.4) is 0 Å². The molecule has 7 nitrogen and oxygen atoms in total. The Morgan fingerprint density at radius 2 is 2.33 bits per heavy atom. The van der Waals surface area contributed by atoms with Crippen LogP contribution in [0, 0.1) is 0 Å². The lowest BCUT2D eigenvalue weighted by atomic mass is 10.3. The highest BCUT2D eigenvalue weighted by Crippen LogP contribution is 2.17. The van der Waals surface area contributed by atoms with Crippen LogP contribution >= 0.6 is 0 Å². The third kappa shape index (κ3) is 3.30. The summed E-state index contributed by atoms with van der Waals surface area (Å²) < 4.78 is 33.6. The fraction of sp³-hybridized carbons (Fsp3) is 0.600.